The lowest BCUT2D eigenvalue weighted by Crippen LogP contribution is -2.39. The Morgan fingerprint density at radius 1 is 1.15 bits per heavy atom. The van der Waals surface area contributed by atoms with Gasteiger partial charge >= 0.3 is 0 Å². The molecule has 1 aromatic heterocycles. The molecule has 0 radical (unpaired) electrons. The van der Waals surface area contributed by atoms with Crippen LogP contribution in [0.1, 0.15) is 77.2 Å². The second-order valence-corrected chi connectivity index (χ2v) is 11.2. The summed E-state index contributed by atoms with van der Waals surface area (Å²) in [4.78, 5) is 24.3. The summed E-state index contributed by atoms with van der Waals surface area (Å²) >= 11 is 0. The van der Waals surface area contributed by atoms with Crippen LogP contribution >= 0.6 is 0 Å². The number of hydrogen-bond donors (Lipinski definition) is 0. The predicted octanol–water partition coefficient (Wildman–Crippen LogP) is 6.10. The molecule has 2 unspecified atom stereocenters. The van der Waals surface area contributed by atoms with E-state index in [4.69, 9.17) is 24.7 Å². The molecule has 6 rings (SSSR count). The van der Waals surface area contributed by atoms with Gasteiger partial charge in [0.25, 0.3) is 0 Å². The summed E-state index contributed by atoms with van der Waals surface area (Å²) in [5, 5.41) is 8.94. The van der Waals surface area contributed by atoms with Crippen molar-refractivity contribution in [2.24, 2.45) is 4.99 Å². The lowest BCUT2D eigenvalue weighted by atomic mass is 9.86. The van der Waals surface area contributed by atoms with Crippen molar-refractivity contribution in [2.45, 2.75) is 57.2 Å². The average Bonchev–Trinajstić information content (AvgIpc) is 3.30. The van der Waals surface area contributed by atoms with Gasteiger partial charge in [-0.3, -0.25) is 14.7 Å². The maximum Gasteiger partial charge on any atom is 0.213 e. The number of nitriles is 1. The lowest BCUT2D eigenvalue weighted by Gasteiger charge is -2.34. The summed E-state index contributed by atoms with van der Waals surface area (Å²) in [6, 6.07) is 18.0. The molecule has 0 aliphatic carbocycles. The normalized spacial score (nSPS) is 20.6. The minimum Gasteiger partial charge on any atom is -0.473 e. The minimum absolute atomic E-state index is 0.0535. The van der Waals surface area contributed by atoms with Gasteiger partial charge in [0.05, 0.1) is 23.4 Å². The van der Waals surface area contributed by atoms with Gasteiger partial charge in [-0.15, -0.1) is 0 Å². The number of ether oxygens (including phenoxy) is 2. The summed E-state index contributed by atoms with van der Waals surface area (Å²) in [7, 11) is 0. The highest BCUT2D eigenvalue weighted by molar-refractivity contribution is 6.01. The number of nitrogens with zero attached hydrogens (tertiary/aromatic N) is 4. The van der Waals surface area contributed by atoms with E-state index >= 15 is 0 Å². The molecule has 41 heavy (non-hydrogen) atoms. The number of pyridine rings is 1. The fourth-order valence-electron chi connectivity index (χ4n) is 5.95. The van der Waals surface area contributed by atoms with Gasteiger partial charge in [0.2, 0.25) is 5.88 Å². The van der Waals surface area contributed by atoms with Gasteiger partial charge in [-0.2, -0.15) is 5.26 Å². The lowest BCUT2D eigenvalue weighted by molar-refractivity contribution is -0.0553. The first-order valence-electron chi connectivity index (χ1n) is 14.3. The number of piperidine rings is 1. The van der Waals surface area contributed by atoms with Gasteiger partial charge in [0.15, 0.2) is 5.78 Å². The van der Waals surface area contributed by atoms with E-state index in [0.29, 0.717) is 17.4 Å². The SMILES string of the molecule is CC(=O)c1ccc2c(c1)C(CC1CCO1)C(CN1CCC(c3cccc(OCc4ccc(C#N)cc4F)n3)CC1)=N2. The van der Waals surface area contributed by atoms with E-state index in [0.717, 1.165) is 74.4 Å². The molecule has 0 amide bonds. The van der Waals surface area contributed by atoms with Gasteiger partial charge < -0.3 is 9.47 Å². The molecule has 2 saturated heterocycles. The van der Waals surface area contributed by atoms with Crippen molar-refractivity contribution in [3.8, 4) is 11.9 Å². The monoisotopic (exact) mass is 552 g/mol. The molecule has 3 aliphatic heterocycles. The first-order chi connectivity index (χ1) is 20.0. The zero-order valence-electron chi connectivity index (χ0n) is 23.2. The second kappa shape index (κ2) is 11.9. The van der Waals surface area contributed by atoms with Crippen LogP contribution in [0.2, 0.25) is 0 Å². The minimum atomic E-state index is -0.454. The molecule has 0 saturated carbocycles. The van der Waals surface area contributed by atoms with Crippen LogP contribution < -0.4 is 4.74 Å². The van der Waals surface area contributed by atoms with Crippen molar-refractivity contribution < 1.29 is 18.7 Å². The topological polar surface area (TPSA) is 87.8 Å². The number of aliphatic imine (C=N–C) groups is 1. The molecule has 2 atom stereocenters. The number of rotatable bonds is 9. The number of halogens is 1. The largest absolute Gasteiger partial charge is 0.473 e. The molecule has 0 spiro atoms. The Kier molecular flexibility index (Phi) is 7.91. The Labute approximate surface area is 239 Å². The number of carbonyl (C=O) groups excluding carboxylic acids is 1. The number of benzene rings is 2. The Morgan fingerprint density at radius 3 is 2.68 bits per heavy atom. The summed E-state index contributed by atoms with van der Waals surface area (Å²) < 4.78 is 25.8. The van der Waals surface area contributed by atoms with Crippen LogP contribution in [0.25, 0.3) is 0 Å². The molecule has 3 aliphatic rings. The van der Waals surface area contributed by atoms with E-state index in [1.54, 1.807) is 25.1 Å². The number of Topliss-reactive ketones (excluding diaryl/α,β-unsaturated/α-hetero) is 1. The van der Waals surface area contributed by atoms with Crippen molar-refractivity contribution >= 4 is 17.2 Å². The number of hydrogen-bond acceptors (Lipinski definition) is 7. The van der Waals surface area contributed by atoms with Crippen molar-refractivity contribution in [1.29, 1.82) is 5.26 Å². The third kappa shape index (κ3) is 6.07. The number of fused-ring (bicyclic) bond motifs is 1. The molecule has 2 aromatic carbocycles. The third-order valence-electron chi connectivity index (χ3n) is 8.46. The summed E-state index contributed by atoms with van der Waals surface area (Å²) in [6.07, 6.45) is 4.20. The summed E-state index contributed by atoms with van der Waals surface area (Å²) in [5.41, 5.74) is 5.70. The number of ketones is 1. The molecule has 2 fully saturated rings. The zero-order chi connectivity index (χ0) is 28.3. The van der Waals surface area contributed by atoms with E-state index in [2.05, 4.69) is 4.90 Å². The Morgan fingerprint density at radius 2 is 1.98 bits per heavy atom. The quantitative estimate of drug-likeness (QED) is 0.298. The maximum atomic E-state index is 14.2. The van der Waals surface area contributed by atoms with E-state index in [-0.39, 0.29) is 30.0 Å². The summed E-state index contributed by atoms with van der Waals surface area (Å²) in [5.74, 6) is 0.596. The highest BCUT2D eigenvalue weighted by Crippen LogP contribution is 2.41. The van der Waals surface area contributed by atoms with E-state index in [1.165, 1.54) is 11.8 Å². The number of aromatic nitrogens is 1. The van der Waals surface area contributed by atoms with E-state index in [1.807, 2.05) is 36.4 Å². The average molecular weight is 553 g/mol. The Bertz CT molecular complexity index is 1520. The number of likely N-dealkylation sites (tertiary alicyclic amines) is 1. The molecule has 210 valence electrons. The van der Waals surface area contributed by atoms with E-state index in [9.17, 15) is 9.18 Å². The smallest absolute Gasteiger partial charge is 0.213 e. The van der Waals surface area contributed by atoms with Crippen LogP contribution in [-0.2, 0) is 11.3 Å². The standard InChI is InChI=1S/C33H33FN4O3/c1-21(39)24-7-8-31-27(16-24)28(17-26-11-14-40-26)32(36-31)19-38-12-9-23(10-13-38)30-3-2-4-33(37-30)41-20-25-6-5-22(18-35)15-29(25)34/h2-8,15-16,23,26,28H,9-14,17,19-20H2,1H3. The number of carbonyl (C=O) groups is 1. The molecule has 3 aromatic rings. The first kappa shape index (κ1) is 27.3. The molecule has 7 nitrogen and oxygen atoms in total. The van der Waals surface area contributed by atoms with Crippen LogP contribution in [0.3, 0.4) is 0 Å². The zero-order valence-corrected chi connectivity index (χ0v) is 23.2. The molecular weight excluding hydrogens is 519 g/mol. The highest BCUT2D eigenvalue weighted by atomic mass is 19.1. The molecule has 4 heterocycles. The van der Waals surface area contributed by atoms with Crippen LogP contribution in [0, 0.1) is 17.1 Å². The van der Waals surface area contributed by atoms with Crippen LogP contribution in [0.5, 0.6) is 5.88 Å². The summed E-state index contributed by atoms with van der Waals surface area (Å²) in [6.45, 7) is 5.17. The molecule has 0 N–H and O–H groups in total. The van der Waals surface area contributed by atoms with E-state index < -0.39 is 5.82 Å². The van der Waals surface area contributed by atoms with Crippen LogP contribution in [0.15, 0.2) is 59.6 Å². The second-order valence-electron chi connectivity index (χ2n) is 11.2. The van der Waals surface area contributed by atoms with Crippen molar-refractivity contribution in [3.05, 3.63) is 88.4 Å². The molecule has 0 bridgehead atoms. The van der Waals surface area contributed by atoms with Crippen LogP contribution in [-0.4, -0.2) is 53.7 Å². The maximum absolute atomic E-state index is 14.2. The molecular formula is C33H33FN4O3. The fraction of sp³-hybridized carbons (Fsp3) is 0.394. The predicted molar refractivity (Wildman–Crippen MR) is 153 cm³/mol. The van der Waals surface area contributed by atoms with Crippen molar-refractivity contribution in [2.75, 3.05) is 26.2 Å². The highest BCUT2D eigenvalue weighted by Gasteiger charge is 2.34. The van der Waals surface area contributed by atoms with Crippen molar-refractivity contribution in [1.82, 2.24) is 9.88 Å². The van der Waals surface area contributed by atoms with Gasteiger partial charge in [-0.1, -0.05) is 12.1 Å². The van der Waals surface area contributed by atoms with Gasteiger partial charge in [-0.25, -0.2) is 9.37 Å². The Hall–Kier alpha value is -3.93. The third-order valence-corrected chi connectivity index (χ3v) is 8.46. The van der Waals surface area contributed by atoms with Gasteiger partial charge in [-0.05, 0) is 87.7 Å². The molecule has 8 heteroatoms. The fourth-order valence-corrected chi connectivity index (χ4v) is 5.95. The van der Waals surface area contributed by atoms with Crippen molar-refractivity contribution in [3.63, 3.8) is 0 Å². The first-order valence-corrected chi connectivity index (χ1v) is 14.3. The van der Waals surface area contributed by atoms with Crippen LogP contribution in [0.4, 0.5) is 10.1 Å². The van der Waals surface area contributed by atoms with Gasteiger partial charge in [0.1, 0.15) is 12.4 Å². The Balaban J connectivity index is 1.07. The van der Waals surface area contributed by atoms with Gasteiger partial charge in [0, 0.05) is 53.6 Å².